The Hall–Kier alpha value is -3.67. The number of sulfone groups is 1. The van der Waals surface area contributed by atoms with Gasteiger partial charge >= 0.3 is 12.4 Å². The largest absolute Gasteiger partial charge is 0.430 e. The zero-order valence-corrected chi connectivity index (χ0v) is 26.1. The average molecular weight is 726 g/mol. The lowest BCUT2D eigenvalue weighted by Gasteiger charge is -2.38. The molecule has 1 amide bonds. The van der Waals surface area contributed by atoms with Crippen molar-refractivity contribution >= 4 is 15.7 Å². The van der Waals surface area contributed by atoms with Crippen molar-refractivity contribution in [2.75, 3.05) is 26.3 Å². The van der Waals surface area contributed by atoms with Crippen LogP contribution in [0, 0.1) is 17.5 Å². The topological polar surface area (TPSA) is 93.1 Å². The highest BCUT2D eigenvalue weighted by Crippen LogP contribution is 2.54. The highest BCUT2D eigenvalue weighted by molar-refractivity contribution is 7.92. The van der Waals surface area contributed by atoms with Crippen LogP contribution in [0.15, 0.2) is 71.6 Å². The molecule has 3 aromatic rings. The lowest BCUT2D eigenvalue weighted by molar-refractivity contribution is -0.392. The van der Waals surface area contributed by atoms with Gasteiger partial charge in [-0.1, -0.05) is 30.3 Å². The highest BCUT2D eigenvalue weighted by Gasteiger charge is 2.73. The Morgan fingerprint density at radius 3 is 1.92 bits per heavy atom. The van der Waals surface area contributed by atoms with Crippen molar-refractivity contribution in [3.63, 3.8) is 0 Å². The molecule has 17 heteroatoms. The molecule has 0 aromatic heterocycles. The number of hydrogen-bond acceptors (Lipinski definition) is 6. The van der Waals surface area contributed by atoms with Gasteiger partial charge in [-0.3, -0.25) is 4.79 Å². The predicted octanol–water partition coefficient (Wildman–Crippen LogP) is 6.08. The summed E-state index contributed by atoms with van der Waals surface area (Å²) in [5.41, 5.74) is -10.1. The van der Waals surface area contributed by atoms with E-state index in [4.69, 9.17) is 4.74 Å². The Kier molecular flexibility index (Phi) is 9.64. The molecule has 0 unspecified atom stereocenters. The number of benzene rings is 3. The molecule has 0 aliphatic carbocycles. The Morgan fingerprint density at radius 2 is 1.39 bits per heavy atom. The third-order valence-electron chi connectivity index (χ3n) is 8.99. The molecule has 49 heavy (non-hydrogen) atoms. The van der Waals surface area contributed by atoms with Crippen molar-refractivity contribution in [1.82, 2.24) is 4.90 Å². The van der Waals surface area contributed by atoms with Crippen LogP contribution in [0.3, 0.4) is 0 Å². The molecule has 0 spiro atoms. The van der Waals surface area contributed by atoms with Crippen LogP contribution in [0.25, 0.3) is 0 Å². The maximum Gasteiger partial charge on any atom is 0.430 e. The van der Waals surface area contributed by atoms with E-state index in [-0.39, 0.29) is 38.2 Å². The SMILES string of the molecule is O=C(N1CC[C@](c2ccc(C(OCc3c(F)cccc3F)(C(F)(F)F)C(F)(F)F)cc2)(S(=O)(=O)c2ccc(F)cc2)C1)C1(O)CCOCC1. The molecule has 2 saturated heterocycles. The molecule has 0 saturated carbocycles. The van der Waals surface area contributed by atoms with E-state index in [1.54, 1.807) is 0 Å². The van der Waals surface area contributed by atoms with E-state index in [0.29, 0.717) is 36.4 Å². The number of halogens is 9. The summed E-state index contributed by atoms with van der Waals surface area (Å²) >= 11 is 0. The summed E-state index contributed by atoms with van der Waals surface area (Å²) in [7, 11) is -4.67. The number of alkyl halides is 6. The van der Waals surface area contributed by atoms with Crippen molar-refractivity contribution in [2.24, 2.45) is 0 Å². The minimum Gasteiger partial charge on any atom is -0.381 e. The highest BCUT2D eigenvalue weighted by atomic mass is 32.2. The Balaban J connectivity index is 1.61. The van der Waals surface area contributed by atoms with Gasteiger partial charge < -0.3 is 19.5 Å². The van der Waals surface area contributed by atoms with Crippen LogP contribution in [0.2, 0.25) is 0 Å². The average Bonchev–Trinajstić information content (AvgIpc) is 3.49. The van der Waals surface area contributed by atoms with Crippen LogP contribution >= 0.6 is 0 Å². The second kappa shape index (κ2) is 12.9. The van der Waals surface area contributed by atoms with Gasteiger partial charge in [0, 0.05) is 50.3 Å². The molecular weight excluding hydrogens is 697 g/mol. The summed E-state index contributed by atoms with van der Waals surface area (Å²) in [5.74, 6) is -4.54. The van der Waals surface area contributed by atoms with E-state index in [2.05, 4.69) is 4.74 Å². The van der Waals surface area contributed by atoms with Crippen LogP contribution in [-0.4, -0.2) is 68.6 Å². The molecule has 1 atom stereocenters. The Morgan fingerprint density at radius 1 is 0.837 bits per heavy atom. The molecule has 7 nitrogen and oxygen atoms in total. The van der Waals surface area contributed by atoms with Crippen molar-refractivity contribution in [1.29, 1.82) is 0 Å². The number of amides is 1. The van der Waals surface area contributed by atoms with E-state index in [1.807, 2.05) is 0 Å². The maximum atomic E-state index is 14.5. The van der Waals surface area contributed by atoms with Crippen LogP contribution in [0.4, 0.5) is 39.5 Å². The third kappa shape index (κ3) is 6.30. The van der Waals surface area contributed by atoms with Crippen LogP contribution < -0.4 is 0 Å². The second-order valence-electron chi connectivity index (χ2n) is 11.8. The van der Waals surface area contributed by atoms with E-state index >= 15 is 0 Å². The van der Waals surface area contributed by atoms with Gasteiger partial charge in [-0.05, 0) is 48.4 Å². The summed E-state index contributed by atoms with van der Waals surface area (Å²) in [6, 6.07) is 7.69. The van der Waals surface area contributed by atoms with Crippen molar-refractivity contribution < 1.29 is 67.3 Å². The smallest absolute Gasteiger partial charge is 0.381 e. The fourth-order valence-corrected chi connectivity index (χ4v) is 8.29. The van der Waals surface area contributed by atoms with Crippen LogP contribution in [0.1, 0.15) is 36.0 Å². The van der Waals surface area contributed by atoms with Gasteiger partial charge in [-0.25, -0.2) is 21.6 Å². The minimum atomic E-state index is -6.25. The Bertz CT molecular complexity index is 1760. The number of carbonyl (C=O) groups is 1. The summed E-state index contributed by atoms with van der Waals surface area (Å²) in [6.07, 6.45) is -13.1. The number of nitrogens with zero attached hydrogens (tertiary/aromatic N) is 1. The lowest BCUT2D eigenvalue weighted by atomic mass is 9.88. The molecule has 0 radical (unpaired) electrons. The normalized spacial score (nSPS) is 20.4. The first-order chi connectivity index (χ1) is 22.8. The number of ether oxygens (including phenoxy) is 2. The zero-order chi connectivity index (χ0) is 36.0. The number of rotatable bonds is 8. The first-order valence-electron chi connectivity index (χ1n) is 14.7. The first-order valence-corrected chi connectivity index (χ1v) is 16.2. The van der Waals surface area contributed by atoms with Gasteiger partial charge in [0.2, 0.25) is 0 Å². The van der Waals surface area contributed by atoms with Gasteiger partial charge in [-0.15, -0.1) is 0 Å². The number of aliphatic hydroxyl groups is 1. The van der Waals surface area contributed by atoms with E-state index in [9.17, 15) is 57.8 Å². The molecule has 266 valence electrons. The second-order valence-corrected chi connectivity index (χ2v) is 14.1. The minimum absolute atomic E-state index is 0.0301. The van der Waals surface area contributed by atoms with E-state index < -0.39 is 97.1 Å². The van der Waals surface area contributed by atoms with Crippen LogP contribution in [0.5, 0.6) is 0 Å². The quantitative estimate of drug-likeness (QED) is 0.224. The summed E-state index contributed by atoms with van der Waals surface area (Å²) < 4.78 is 165. The van der Waals surface area contributed by atoms with Crippen LogP contribution in [-0.2, 0) is 41.1 Å². The van der Waals surface area contributed by atoms with Crippen molar-refractivity contribution in [2.45, 2.75) is 59.1 Å². The number of likely N-dealkylation sites (tertiary alicyclic amines) is 1. The van der Waals surface area contributed by atoms with E-state index in [0.717, 1.165) is 35.2 Å². The fraction of sp³-hybridized carbons (Fsp3) is 0.406. The number of hydrogen-bond donors (Lipinski definition) is 1. The lowest BCUT2D eigenvalue weighted by Crippen LogP contribution is -2.56. The zero-order valence-electron chi connectivity index (χ0n) is 25.3. The van der Waals surface area contributed by atoms with Gasteiger partial charge in [0.25, 0.3) is 11.5 Å². The van der Waals surface area contributed by atoms with E-state index in [1.165, 1.54) is 0 Å². The number of carbonyl (C=O) groups excluding carboxylic acids is 1. The van der Waals surface area contributed by atoms with Gasteiger partial charge in [0.05, 0.1) is 11.5 Å². The maximum absolute atomic E-state index is 14.5. The Labute approximate surface area is 274 Å². The standard InChI is InChI=1S/C32H28F9NO6S/c33-22-8-10-23(11-9-22)49(45,46)29(12-15-42(19-29)27(43)28(44)13-16-47-17-14-28)20-4-6-21(7-5-20)30(31(36,37)38,32(39,40)41)48-18-24-25(34)2-1-3-26(24)35/h1-11,44H,12-19H2/t29-/m0/s1. The van der Waals surface area contributed by atoms with Gasteiger partial charge in [-0.2, -0.15) is 26.3 Å². The summed E-state index contributed by atoms with van der Waals surface area (Å²) in [6.45, 7) is -2.67. The van der Waals surface area contributed by atoms with Crippen molar-refractivity contribution in [3.05, 3.63) is 101 Å². The molecular formula is C32H28F9NO6S. The fourth-order valence-electron chi connectivity index (χ4n) is 6.22. The molecule has 2 aliphatic heterocycles. The molecule has 5 rings (SSSR count). The molecule has 0 bridgehead atoms. The monoisotopic (exact) mass is 725 g/mol. The molecule has 2 heterocycles. The first kappa shape index (κ1) is 36.6. The molecule has 3 aromatic carbocycles. The van der Waals surface area contributed by atoms with Crippen molar-refractivity contribution in [3.8, 4) is 0 Å². The molecule has 1 N–H and O–H groups in total. The molecule has 2 aliphatic rings. The van der Waals surface area contributed by atoms with Gasteiger partial charge in [0.15, 0.2) is 9.84 Å². The predicted molar refractivity (Wildman–Crippen MR) is 153 cm³/mol. The summed E-state index contributed by atoms with van der Waals surface area (Å²) in [4.78, 5) is 14.0. The summed E-state index contributed by atoms with van der Waals surface area (Å²) in [5, 5.41) is 11.0. The van der Waals surface area contributed by atoms with Gasteiger partial charge in [0.1, 0.15) is 27.8 Å². The molecule has 2 fully saturated rings. The third-order valence-corrected chi connectivity index (χ3v) is 11.5.